The number of aromatic carboxylic acids is 1. The molecular formula is C16H20N4O3. The predicted octanol–water partition coefficient (Wildman–Crippen LogP) is 1.86. The Morgan fingerprint density at radius 2 is 2.09 bits per heavy atom. The molecule has 122 valence electrons. The van der Waals surface area contributed by atoms with Crippen molar-refractivity contribution in [2.24, 2.45) is 0 Å². The molecule has 0 saturated heterocycles. The van der Waals surface area contributed by atoms with Crippen LogP contribution in [0.4, 0.5) is 0 Å². The fourth-order valence-corrected chi connectivity index (χ4v) is 2.79. The van der Waals surface area contributed by atoms with Gasteiger partial charge in [0, 0.05) is 30.0 Å². The highest BCUT2D eigenvalue weighted by Gasteiger charge is 2.28. The number of aromatic nitrogens is 3. The second kappa shape index (κ2) is 5.26. The summed E-state index contributed by atoms with van der Waals surface area (Å²) in [5.41, 5.74) is 2.03. The van der Waals surface area contributed by atoms with Gasteiger partial charge >= 0.3 is 5.97 Å². The fraction of sp³-hybridized carbons (Fsp3) is 0.438. The maximum Gasteiger partial charge on any atom is 0.356 e. The van der Waals surface area contributed by atoms with Gasteiger partial charge in [-0.1, -0.05) is 0 Å². The lowest BCUT2D eigenvalue weighted by Gasteiger charge is -2.26. The Kier molecular flexibility index (Phi) is 3.50. The van der Waals surface area contributed by atoms with E-state index in [0.717, 1.165) is 0 Å². The normalized spacial score (nSPS) is 14.7. The molecule has 2 aromatic rings. The molecule has 0 radical (unpaired) electrons. The number of fused-ring (bicyclic) bond motifs is 1. The van der Waals surface area contributed by atoms with E-state index in [-0.39, 0.29) is 17.1 Å². The molecule has 1 amide bonds. The number of carbonyl (C=O) groups is 2. The van der Waals surface area contributed by atoms with Gasteiger partial charge < -0.3 is 14.6 Å². The zero-order valence-electron chi connectivity index (χ0n) is 13.5. The lowest BCUT2D eigenvalue weighted by Crippen LogP contribution is -2.36. The van der Waals surface area contributed by atoms with E-state index in [0.29, 0.717) is 36.3 Å². The number of amides is 1. The third kappa shape index (κ3) is 2.74. The van der Waals surface area contributed by atoms with Crippen LogP contribution in [-0.4, -0.2) is 43.2 Å². The first kappa shape index (κ1) is 15.3. The second-order valence-corrected chi connectivity index (χ2v) is 6.79. The van der Waals surface area contributed by atoms with Gasteiger partial charge in [0.05, 0.1) is 17.8 Å². The zero-order valence-corrected chi connectivity index (χ0v) is 13.5. The van der Waals surface area contributed by atoms with Crippen molar-refractivity contribution in [3.8, 4) is 0 Å². The average Bonchev–Trinajstić information content (AvgIpc) is 3.12. The molecule has 1 aliphatic heterocycles. The Labute approximate surface area is 133 Å². The van der Waals surface area contributed by atoms with Gasteiger partial charge in [-0.3, -0.25) is 9.89 Å². The Hall–Kier alpha value is -2.57. The van der Waals surface area contributed by atoms with E-state index in [4.69, 9.17) is 5.11 Å². The van der Waals surface area contributed by atoms with Crippen molar-refractivity contribution in [1.82, 2.24) is 19.7 Å². The molecule has 1 aliphatic rings. The lowest BCUT2D eigenvalue weighted by molar-refractivity contribution is 0.0689. The molecule has 7 nitrogen and oxygen atoms in total. The van der Waals surface area contributed by atoms with Crippen molar-refractivity contribution >= 4 is 11.9 Å². The van der Waals surface area contributed by atoms with Crippen LogP contribution >= 0.6 is 0 Å². The highest BCUT2D eigenvalue weighted by Crippen LogP contribution is 2.23. The summed E-state index contributed by atoms with van der Waals surface area (Å²) < 4.78 is 2.01. The third-order valence-corrected chi connectivity index (χ3v) is 4.14. The van der Waals surface area contributed by atoms with Gasteiger partial charge in [-0.05, 0) is 33.3 Å². The van der Waals surface area contributed by atoms with Crippen molar-refractivity contribution < 1.29 is 14.7 Å². The van der Waals surface area contributed by atoms with Crippen molar-refractivity contribution in [3.05, 3.63) is 41.0 Å². The number of carboxylic acids is 1. The smallest absolute Gasteiger partial charge is 0.356 e. The summed E-state index contributed by atoms with van der Waals surface area (Å²) in [4.78, 5) is 25.5. The quantitative estimate of drug-likeness (QED) is 0.884. The lowest BCUT2D eigenvalue weighted by atomic mass is 10.0. The van der Waals surface area contributed by atoms with Crippen LogP contribution in [0.5, 0.6) is 0 Å². The number of carbonyl (C=O) groups excluding carboxylic acids is 1. The van der Waals surface area contributed by atoms with Gasteiger partial charge in [0.1, 0.15) is 0 Å². The van der Waals surface area contributed by atoms with Gasteiger partial charge in [0.2, 0.25) is 0 Å². The number of rotatable bonds is 2. The van der Waals surface area contributed by atoms with Crippen molar-refractivity contribution in [1.29, 1.82) is 0 Å². The minimum absolute atomic E-state index is 0.0508. The molecule has 0 atom stereocenters. The third-order valence-electron chi connectivity index (χ3n) is 4.14. The Morgan fingerprint density at radius 3 is 2.70 bits per heavy atom. The first-order valence-electron chi connectivity index (χ1n) is 7.54. The molecular weight excluding hydrogens is 296 g/mol. The predicted molar refractivity (Wildman–Crippen MR) is 83.4 cm³/mol. The standard InChI is InChI=1S/C16H20N4O3/c1-16(2,3)20-7-4-10(8-20)14(21)19-6-5-11-12(9-19)17-18-13(11)15(22)23/h4,7-8H,5-6,9H2,1-3H3,(H,17,18)(H,22,23). The van der Waals surface area contributed by atoms with Crippen molar-refractivity contribution in [2.75, 3.05) is 6.54 Å². The van der Waals surface area contributed by atoms with Gasteiger partial charge in [0.15, 0.2) is 5.69 Å². The first-order valence-corrected chi connectivity index (χ1v) is 7.54. The van der Waals surface area contributed by atoms with Crippen molar-refractivity contribution in [3.63, 3.8) is 0 Å². The topological polar surface area (TPSA) is 91.2 Å². The molecule has 7 heteroatoms. The van der Waals surface area contributed by atoms with Crippen LogP contribution in [-0.2, 0) is 18.5 Å². The summed E-state index contributed by atoms with van der Waals surface area (Å²) in [7, 11) is 0. The van der Waals surface area contributed by atoms with Crippen LogP contribution in [0.25, 0.3) is 0 Å². The van der Waals surface area contributed by atoms with Gasteiger partial charge in [0.25, 0.3) is 5.91 Å². The number of hydrogen-bond donors (Lipinski definition) is 2. The summed E-state index contributed by atoms with van der Waals surface area (Å²) >= 11 is 0. The average molecular weight is 316 g/mol. The van der Waals surface area contributed by atoms with E-state index >= 15 is 0 Å². The number of hydrogen-bond acceptors (Lipinski definition) is 3. The van der Waals surface area contributed by atoms with E-state index < -0.39 is 5.97 Å². The maximum absolute atomic E-state index is 12.7. The molecule has 2 aromatic heterocycles. The number of nitrogens with zero attached hydrogens (tertiary/aromatic N) is 3. The molecule has 2 N–H and O–H groups in total. The SMILES string of the molecule is CC(C)(C)n1ccc(C(=O)N2CCc3c(C(=O)O)n[nH]c3C2)c1. The van der Waals surface area contributed by atoms with Crippen LogP contribution in [0.2, 0.25) is 0 Å². The summed E-state index contributed by atoms with van der Waals surface area (Å²) in [6, 6.07) is 1.82. The summed E-state index contributed by atoms with van der Waals surface area (Å²) in [5, 5.41) is 15.7. The number of aromatic amines is 1. The number of H-pyrrole nitrogens is 1. The highest BCUT2D eigenvalue weighted by atomic mass is 16.4. The van der Waals surface area contributed by atoms with Gasteiger partial charge in [-0.2, -0.15) is 5.10 Å². The van der Waals surface area contributed by atoms with E-state index in [1.54, 1.807) is 4.90 Å². The summed E-state index contributed by atoms with van der Waals surface area (Å²) in [6.45, 7) is 7.08. The van der Waals surface area contributed by atoms with E-state index in [9.17, 15) is 9.59 Å². The van der Waals surface area contributed by atoms with Gasteiger partial charge in [-0.25, -0.2) is 4.79 Å². The van der Waals surface area contributed by atoms with E-state index in [1.165, 1.54) is 0 Å². The van der Waals surface area contributed by atoms with Crippen LogP contribution in [0.15, 0.2) is 18.5 Å². The first-order chi connectivity index (χ1) is 10.8. The Balaban J connectivity index is 1.79. The van der Waals surface area contributed by atoms with Gasteiger partial charge in [-0.15, -0.1) is 0 Å². The Morgan fingerprint density at radius 1 is 1.35 bits per heavy atom. The molecule has 0 spiro atoms. The second-order valence-electron chi connectivity index (χ2n) is 6.79. The largest absolute Gasteiger partial charge is 0.476 e. The molecule has 3 rings (SSSR count). The number of carboxylic acid groups (broad SMARTS) is 1. The molecule has 0 unspecified atom stereocenters. The summed E-state index contributed by atoms with van der Waals surface area (Å²) in [5.74, 6) is -1.09. The maximum atomic E-state index is 12.7. The van der Waals surface area contributed by atoms with Crippen LogP contribution in [0.3, 0.4) is 0 Å². The molecule has 0 fully saturated rings. The van der Waals surface area contributed by atoms with E-state index in [1.807, 2.05) is 23.0 Å². The molecule has 0 aliphatic carbocycles. The molecule has 23 heavy (non-hydrogen) atoms. The van der Waals surface area contributed by atoms with Crippen LogP contribution in [0.1, 0.15) is 52.9 Å². The highest BCUT2D eigenvalue weighted by molar-refractivity contribution is 5.94. The zero-order chi connectivity index (χ0) is 16.8. The Bertz CT molecular complexity index is 767. The van der Waals surface area contributed by atoms with Crippen LogP contribution in [0, 0.1) is 0 Å². The molecule has 0 saturated carbocycles. The monoisotopic (exact) mass is 316 g/mol. The number of nitrogens with one attached hydrogen (secondary N) is 1. The van der Waals surface area contributed by atoms with Crippen molar-refractivity contribution in [2.45, 2.75) is 39.3 Å². The molecule has 3 heterocycles. The minimum atomic E-state index is -1.04. The van der Waals surface area contributed by atoms with Crippen LogP contribution < -0.4 is 0 Å². The molecule has 0 aromatic carbocycles. The summed E-state index contributed by atoms with van der Waals surface area (Å²) in [6.07, 6.45) is 4.26. The minimum Gasteiger partial charge on any atom is -0.476 e. The fourth-order valence-electron chi connectivity index (χ4n) is 2.79. The van der Waals surface area contributed by atoms with E-state index in [2.05, 4.69) is 31.0 Å². The molecule has 0 bridgehead atoms.